The molecule has 0 spiro atoms. The SMILES string of the molecule is CCOc1cc(/C=N/NC(=O)c2nnn(-c3nonc3N)c2-c2cccc([N+](=O)[O-])c2)cc(Br)c1OCC(N)=O. The van der Waals surface area contributed by atoms with Crippen molar-refractivity contribution in [3.63, 3.8) is 0 Å². The molecule has 17 nitrogen and oxygen atoms in total. The number of hydrogen-bond acceptors (Lipinski definition) is 13. The third-order valence-corrected chi connectivity index (χ3v) is 5.57. The first kappa shape index (κ1) is 27.6. The molecule has 0 radical (unpaired) electrons. The highest BCUT2D eigenvalue weighted by molar-refractivity contribution is 9.10. The highest BCUT2D eigenvalue weighted by Crippen LogP contribution is 2.36. The van der Waals surface area contributed by atoms with Crippen LogP contribution in [-0.4, -0.2) is 61.5 Å². The second-order valence-electron chi connectivity index (χ2n) is 7.70. The summed E-state index contributed by atoms with van der Waals surface area (Å²) in [6.07, 6.45) is 1.32. The third-order valence-electron chi connectivity index (χ3n) is 4.98. The number of carbonyl (C=O) groups is 2. The third kappa shape index (κ3) is 6.01. The van der Waals surface area contributed by atoms with Crippen LogP contribution in [0, 0.1) is 10.1 Å². The van der Waals surface area contributed by atoms with Gasteiger partial charge in [-0.2, -0.15) is 9.78 Å². The Balaban J connectivity index is 1.64. The summed E-state index contributed by atoms with van der Waals surface area (Å²) in [5, 5.41) is 30.3. The van der Waals surface area contributed by atoms with E-state index in [4.69, 9.17) is 20.9 Å². The molecule has 2 aromatic carbocycles. The van der Waals surface area contributed by atoms with Crippen LogP contribution in [0.15, 0.2) is 50.6 Å². The van der Waals surface area contributed by atoms with Gasteiger partial charge in [-0.3, -0.25) is 19.7 Å². The number of benzene rings is 2. The topological polar surface area (TPSA) is 242 Å². The van der Waals surface area contributed by atoms with Crippen LogP contribution in [0.4, 0.5) is 11.5 Å². The van der Waals surface area contributed by atoms with Gasteiger partial charge < -0.3 is 20.9 Å². The number of nitro benzene ring substituents is 1. The number of nitrogen functional groups attached to an aromatic ring is 1. The zero-order valence-corrected chi connectivity index (χ0v) is 22.1. The molecule has 0 aliphatic carbocycles. The number of nitro groups is 1. The molecule has 0 bridgehead atoms. The Morgan fingerprint density at radius 2 is 2.08 bits per heavy atom. The van der Waals surface area contributed by atoms with Gasteiger partial charge in [0.05, 0.1) is 22.2 Å². The molecule has 0 saturated carbocycles. The summed E-state index contributed by atoms with van der Waals surface area (Å²) in [5.74, 6) is -1.12. The second-order valence-corrected chi connectivity index (χ2v) is 8.55. The molecule has 206 valence electrons. The van der Waals surface area contributed by atoms with E-state index in [0.717, 1.165) is 4.68 Å². The number of nitrogens with one attached hydrogen (secondary N) is 1. The van der Waals surface area contributed by atoms with E-state index in [2.05, 4.69) is 51.7 Å². The van der Waals surface area contributed by atoms with Crippen molar-refractivity contribution < 1.29 is 28.6 Å². The lowest BCUT2D eigenvalue weighted by atomic mass is 10.1. The number of carbonyl (C=O) groups excluding carboxylic acids is 2. The summed E-state index contributed by atoms with van der Waals surface area (Å²) in [6.45, 7) is 1.71. The van der Waals surface area contributed by atoms with Gasteiger partial charge in [0.15, 0.2) is 23.8 Å². The van der Waals surface area contributed by atoms with Crippen molar-refractivity contribution in [3.8, 4) is 28.6 Å². The monoisotopic (exact) mass is 614 g/mol. The van der Waals surface area contributed by atoms with Gasteiger partial charge in [-0.1, -0.05) is 17.3 Å². The minimum atomic E-state index is -0.801. The van der Waals surface area contributed by atoms with Crippen molar-refractivity contribution in [2.24, 2.45) is 10.8 Å². The number of hydrogen-bond donors (Lipinski definition) is 3. The number of rotatable bonds is 11. The fraction of sp³-hybridized carbons (Fsp3) is 0.136. The molecular formula is C22H19BrN10O7. The maximum absolute atomic E-state index is 13.1. The van der Waals surface area contributed by atoms with Crippen molar-refractivity contribution in [1.29, 1.82) is 0 Å². The van der Waals surface area contributed by atoms with E-state index in [1.807, 2.05) is 0 Å². The molecule has 4 rings (SSSR count). The normalized spacial score (nSPS) is 10.9. The summed E-state index contributed by atoms with van der Waals surface area (Å²) in [5.41, 5.74) is 13.5. The fourth-order valence-electron chi connectivity index (χ4n) is 3.37. The number of ether oxygens (including phenoxy) is 2. The lowest BCUT2D eigenvalue weighted by molar-refractivity contribution is -0.384. The van der Waals surface area contributed by atoms with Crippen LogP contribution in [0.5, 0.6) is 11.5 Å². The molecule has 5 N–H and O–H groups in total. The lowest BCUT2D eigenvalue weighted by Crippen LogP contribution is -2.20. The molecule has 0 fully saturated rings. The first-order valence-corrected chi connectivity index (χ1v) is 12.0. The largest absolute Gasteiger partial charge is 0.490 e. The Morgan fingerprint density at radius 3 is 2.75 bits per heavy atom. The highest BCUT2D eigenvalue weighted by atomic mass is 79.9. The van der Waals surface area contributed by atoms with E-state index in [1.54, 1.807) is 19.1 Å². The number of amides is 2. The first-order chi connectivity index (χ1) is 19.2. The van der Waals surface area contributed by atoms with Gasteiger partial charge in [0, 0.05) is 17.7 Å². The minimum absolute atomic E-state index is 0.0242. The number of anilines is 1. The predicted octanol–water partition coefficient (Wildman–Crippen LogP) is 1.60. The van der Waals surface area contributed by atoms with E-state index in [-0.39, 0.29) is 46.6 Å². The average Bonchev–Trinajstić information content (AvgIpc) is 3.54. The Morgan fingerprint density at radius 1 is 1.27 bits per heavy atom. The molecule has 0 unspecified atom stereocenters. The quantitative estimate of drug-likeness (QED) is 0.124. The number of primary amides is 1. The molecule has 18 heteroatoms. The predicted molar refractivity (Wildman–Crippen MR) is 141 cm³/mol. The van der Waals surface area contributed by atoms with Gasteiger partial charge in [-0.15, -0.1) is 5.10 Å². The van der Waals surface area contributed by atoms with Crippen LogP contribution in [-0.2, 0) is 4.79 Å². The van der Waals surface area contributed by atoms with Gasteiger partial charge >= 0.3 is 0 Å². The number of aromatic nitrogens is 5. The minimum Gasteiger partial charge on any atom is -0.490 e. The Labute approximate surface area is 232 Å². The summed E-state index contributed by atoms with van der Waals surface area (Å²) in [6, 6.07) is 8.64. The van der Waals surface area contributed by atoms with Gasteiger partial charge in [0.25, 0.3) is 17.5 Å². The molecule has 2 aromatic heterocycles. The van der Waals surface area contributed by atoms with Crippen molar-refractivity contribution in [3.05, 3.63) is 62.2 Å². The van der Waals surface area contributed by atoms with Crippen LogP contribution in [0.3, 0.4) is 0 Å². The Kier molecular flexibility index (Phi) is 8.28. The van der Waals surface area contributed by atoms with Gasteiger partial charge in [-0.25, -0.2) is 10.1 Å². The molecule has 0 atom stereocenters. The number of nitrogens with zero attached hydrogens (tertiary/aromatic N) is 7. The maximum atomic E-state index is 13.1. The van der Waals surface area contributed by atoms with E-state index >= 15 is 0 Å². The molecule has 40 heavy (non-hydrogen) atoms. The van der Waals surface area contributed by atoms with Crippen molar-refractivity contribution in [2.45, 2.75) is 6.92 Å². The number of hydrazone groups is 1. The number of nitrogens with two attached hydrogens (primary N) is 2. The average molecular weight is 615 g/mol. The second kappa shape index (κ2) is 12.0. The maximum Gasteiger partial charge on any atom is 0.294 e. The highest BCUT2D eigenvalue weighted by Gasteiger charge is 2.26. The fourth-order valence-corrected chi connectivity index (χ4v) is 3.95. The summed E-state index contributed by atoms with van der Waals surface area (Å²) >= 11 is 3.35. The standard InChI is InChI=1S/C22H19BrN10O7/c1-2-38-15-7-11(6-14(23)19(15)39-10-16(24)34)9-26-28-22(35)17-18(12-4-3-5-13(8-12)33(36)37)32(31-27-17)21-20(25)29-40-30-21/h3-9H,2,10H2,1H3,(H2,24,34)(H2,25,29)(H,28,35)/b26-9+. The Bertz CT molecular complexity index is 1620. The number of halogens is 1. The molecular weight excluding hydrogens is 596 g/mol. The molecule has 2 amide bonds. The van der Waals surface area contributed by atoms with E-state index in [1.165, 1.54) is 30.5 Å². The lowest BCUT2D eigenvalue weighted by Gasteiger charge is -2.13. The first-order valence-electron chi connectivity index (χ1n) is 11.2. The van der Waals surface area contributed by atoms with Crippen LogP contribution in [0.1, 0.15) is 23.0 Å². The summed E-state index contributed by atoms with van der Waals surface area (Å²) in [4.78, 5) is 34.9. The van der Waals surface area contributed by atoms with E-state index < -0.39 is 16.7 Å². The Hall–Kier alpha value is -5.39. The van der Waals surface area contributed by atoms with Crippen molar-refractivity contribution in [1.82, 2.24) is 30.7 Å². The van der Waals surface area contributed by atoms with Crippen LogP contribution in [0.25, 0.3) is 17.1 Å². The van der Waals surface area contributed by atoms with E-state index in [0.29, 0.717) is 22.4 Å². The smallest absolute Gasteiger partial charge is 0.294 e. The van der Waals surface area contributed by atoms with Gasteiger partial charge in [-0.05, 0) is 50.9 Å². The number of non-ortho nitro benzene ring substituents is 1. The van der Waals surface area contributed by atoms with Gasteiger partial charge in [0.2, 0.25) is 11.6 Å². The zero-order chi connectivity index (χ0) is 28.8. The molecule has 4 aromatic rings. The molecule has 2 heterocycles. The van der Waals surface area contributed by atoms with Crippen LogP contribution >= 0.6 is 15.9 Å². The summed E-state index contributed by atoms with van der Waals surface area (Å²) in [7, 11) is 0. The molecule has 0 saturated heterocycles. The van der Waals surface area contributed by atoms with E-state index in [9.17, 15) is 19.7 Å². The molecule has 0 aliphatic rings. The zero-order valence-electron chi connectivity index (χ0n) is 20.5. The van der Waals surface area contributed by atoms with Crippen molar-refractivity contribution >= 4 is 45.5 Å². The summed E-state index contributed by atoms with van der Waals surface area (Å²) < 4.78 is 17.1. The van der Waals surface area contributed by atoms with Crippen LogP contribution in [0.2, 0.25) is 0 Å². The van der Waals surface area contributed by atoms with Crippen molar-refractivity contribution in [2.75, 3.05) is 18.9 Å². The van der Waals surface area contributed by atoms with Gasteiger partial charge in [0.1, 0.15) is 5.69 Å². The van der Waals surface area contributed by atoms with Crippen LogP contribution < -0.4 is 26.4 Å². The molecule has 0 aliphatic heterocycles.